The van der Waals surface area contributed by atoms with Crippen LogP contribution in [0.5, 0.6) is 0 Å². The number of aromatic nitrogens is 5. The van der Waals surface area contributed by atoms with Crippen molar-refractivity contribution in [2.75, 3.05) is 13.7 Å². The molecule has 0 saturated heterocycles. The van der Waals surface area contributed by atoms with Gasteiger partial charge in [0.2, 0.25) is 0 Å². The number of aliphatic hydroxyl groups excluding tert-OH is 1. The van der Waals surface area contributed by atoms with Crippen molar-refractivity contribution in [3.8, 4) is 11.3 Å². The van der Waals surface area contributed by atoms with Crippen LogP contribution in [-0.2, 0) is 13.0 Å². The zero-order valence-corrected chi connectivity index (χ0v) is 17.4. The van der Waals surface area contributed by atoms with Gasteiger partial charge in [-0.05, 0) is 37.1 Å². The first kappa shape index (κ1) is 21.2. The van der Waals surface area contributed by atoms with Gasteiger partial charge in [0.25, 0.3) is 0 Å². The molecule has 1 aromatic carbocycles. The van der Waals surface area contributed by atoms with E-state index >= 15 is 0 Å². The molecule has 4 aromatic rings. The lowest BCUT2D eigenvalue weighted by molar-refractivity contribution is 0.269. The third-order valence-corrected chi connectivity index (χ3v) is 4.45. The highest BCUT2D eigenvalue weighted by atomic mass is 16.3. The van der Waals surface area contributed by atoms with Gasteiger partial charge >= 0.3 is 0 Å². The summed E-state index contributed by atoms with van der Waals surface area (Å²) in [5, 5.41) is 21.7. The number of rotatable bonds is 5. The van der Waals surface area contributed by atoms with Gasteiger partial charge in [0.1, 0.15) is 0 Å². The summed E-state index contributed by atoms with van der Waals surface area (Å²) >= 11 is 0. The molecule has 154 valence electrons. The summed E-state index contributed by atoms with van der Waals surface area (Å²) in [5.74, 6) is 0.518. The highest BCUT2D eigenvalue weighted by Gasteiger charge is 2.07. The molecule has 1 N–H and O–H groups in total. The predicted molar refractivity (Wildman–Crippen MR) is 117 cm³/mol. The zero-order chi connectivity index (χ0) is 21.3. The molecule has 0 spiro atoms. The van der Waals surface area contributed by atoms with E-state index in [1.165, 1.54) is 10.9 Å². The van der Waals surface area contributed by atoms with E-state index in [1.807, 2.05) is 25.4 Å². The minimum absolute atomic E-state index is 0.0572. The highest BCUT2D eigenvalue weighted by Crippen LogP contribution is 2.20. The number of pyridine rings is 1. The molecule has 0 amide bonds. The van der Waals surface area contributed by atoms with E-state index in [2.05, 4.69) is 61.5 Å². The fourth-order valence-corrected chi connectivity index (χ4v) is 2.87. The van der Waals surface area contributed by atoms with Crippen LogP contribution in [0.1, 0.15) is 18.2 Å². The maximum atomic E-state index is 8.83. The van der Waals surface area contributed by atoms with E-state index in [-0.39, 0.29) is 6.61 Å². The van der Waals surface area contributed by atoms with Crippen molar-refractivity contribution in [2.45, 2.75) is 26.8 Å². The van der Waals surface area contributed by atoms with E-state index in [9.17, 15) is 0 Å². The molecule has 30 heavy (non-hydrogen) atoms. The molecule has 0 fully saturated rings. The molecule has 8 nitrogen and oxygen atoms in total. The van der Waals surface area contributed by atoms with Crippen LogP contribution in [0.2, 0.25) is 0 Å². The molecule has 3 aromatic heterocycles. The van der Waals surface area contributed by atoms with Gasteiger partial charge in [-0.1, -0.05) is 19.1 Å². The fourth-order valence-electron chi connectivity index (χ4n) is 2.87. The van der Waals surface area contributed by atoms with Crippen LogP contribution in [-0.4, -0.2) is 43.5 Å². The van der Waals surface area contributed by atoms with Crippen molar-refractivity contribution >= 4 is 16.7 Å². The fraction of sp³-hybridized carbons (Fsp3) is 0.273. The van der Waals surface area contributed by atoms with E-state index in [4.69, 9.17) is 5.11 Å². The molecular formula is C22H25N7O. The number of aliphatic hydroxyl groups is 1. The van der Waals surface area contributed by atoms with Crippen LogP contribution in [0.4, 0.5) is 5.82 Å². The molecule has 0 aliphatic rings. The van der Waals surface area contributed by atoms with Gasteiger partial charge in [-0.3, -0.25) is 9.67 Å². The maximum Gasteiger partial charge on any atom is 0.195 e. The van der Waals surface area contributed by atoms with Gasteiger partial charge < -0.3 is 5.11 Å². The van der Waals surface area contributed by atoms with Gasteiger partial charge in [0.05, 0.1) is 42.4 Å². The van der Waals surface area contributed by atoms with Gasteiger partial charge in [-0.2, -0.15) is 10.2 Å². The second-order valence-electron chi connectivity index (χ2n) is 6.56. The van der Waals surface area contributed by atoms with Crippen LogP contribution in [0.25, 0.3) is 22.2 Å². The zero-order valence-electron chi connectivity index (χ0n) is 17.4. The first-order chi connectivity index (χ1) is 14.6. The van der Waals surface area contributed by atoms with Crippen molar-refractivity contribution in [1.29, 1.82) is 0 Å². The van der Waals surface area contributed by atoms with Gasteiger partial charge in [0, 0.05) is 30.4 Å². The Morgan fingerprint density at radius 1 is 1.13 bits per heavy atom. The molecule has 0 aliphatic heterocycles. The number of azo groups is 1. The number of hydrogen-bond donors (Lipinski definition) is 1. The van der Waals surface area contributed by atoms with Crippen molar-refractivity contribution in [3.63, 3.8) is 0 Å². The lowest BCUT2D eigenvalue weighted by atomic mass is 10.1. The average Bonchev–Trinajstić information content (AvgIpc) is 3.24. The topological polar surface area (TPSA) is 101 Å². The van der Waals surface area contributed by atoms with E-state index < -0.39 is 0 Å². The van der Waals surface area contributed by atoms with Crippen LogP contribution in [0, 0.1) is 6.92 Å². The smallest absolute Gasteiger partial charge is 0.195 e. The highest BCUT2D eigenvalue weighted by molar-refractivity contribution is 5.78. The molecule has 0 saturated carbocycles. The number of fused-ring (bicyclic) bond motifs is 1. The van der Waals surface area contributed by atoms with Crippen LogP contribution in [0.3, 0.4) is 0 Å². The monoisotopic (exact) mass is 403 g/mol. The SMILES string of the molecule is CCc1ccc2ncccc2c1.CN=Nc1ncc(-c2cnn(CCO)c2)nc1C. The summed E-state index contributed by atoms with van der Waals surface area (Å²) in [7, 11) is 1.59. The molecule has 8 heteroatoms. The van der Waals surface area contributed by atoms with Crippen molar-refractivity contribution in [3.05, 3.63) is 66.4 Å². The van der Waals surface area contributed by atoms with Crippen LogP contribution in [0.15, 0.2) is 65.3 Å². The van der Waals surface area contributed by atoms with Crippen molar-refractivity contribution < 1.29 is 5.11 Å². The summed E-state index contributed by atoms with van der Waals surface area (Å²) in [4.78, 5) is 12.9. The van der Waals surface area contributed by atoms with Crippen molar-refractivity contribution in [2.24, 2.45) is 10.2 Å². The second kappa shape index (κ2) is 10.3. The summed E-state index contributed by atoms with van der Waals surface area (Å²) in [6.07, 6.45) is 8.07. The normalized spacial score (nSPS) is 10.9. The molecule has 4 rings (SSSR count). The minimum Gasteiger partial charge on any atom is -0.394 e. The second-order valence-corrected chi connectivity index (χ2v) is 6.56. The number of hydrogen-bond acceptors (Lipinski definition) is 7. The Morgan fingerprint density at radius 2 is 2.00 bits per heavy atom. The third-order valence-electron chi connectivity index (χ3n) is 4.45. The molecule has 0 unspecified atom stereocenters. The Morgan fingerprint density at radius 3 is 2.73 bits per heavy atom. The molecular weight excluding hydrogens is 378 g/mol. The summed E-state index contributed by atoms with van der Waals surface area (Å²) in [5.41, 5.74) is 4.75. The first-order valence-electron chi connectivity index (χ1n) is 9.75. The number of nitrogens with zero attached hydrogens (tertiary/aromatic N) is 7. The minimum atomic E-state index is 0.0572. The average molecular weight is 403 g/mol. The van der Waals surface area contributed by atoms with Crippen LogP contribution >= 0.6 is 0 Å². The Labute approximate surface area is 175 Å². The summed E-state index contributed by atoms with van der Waals surface area (Å²) < 4.78 is 1.66. The molecule has 0 aliphatic carbocycles. The Bertz CT molecular complexity index is 1140. The van der Waals surface area contributed by atoms with Gasteiger partial charge in [-0.15, -0.1) is 5.11 Å². The molecule has 0 bridgehead atoms. The predicted octanol–water partition coefficient (Wildman–Crippen LogP) is 4.15. The van der Waals surface area contributed by atoms with Gasteiger partial charge in [0.15, 0.2) is 5.82 Å². The summed E-state index contributed by atoms with van der Waals surface area (Å²) in [6.45, 7) is 4.52. The number of benzene rings is 1. The Kier molecular flexibility index (Phi) is 7.29. The summed E-state index contributed by atoms with van der Waals surface area (Å²) in [6, 6.07) is 10.5. The van der Waals surface area contributed by atoms with E-state index in [1.54, 1.807) is 24.1 Å². The lowest BCUT2D eigenvalue weighted by Gasteiger charge is -2.00. The van der Waals surface area contributed by atoms with Crippen molar-refractivity contribution in [1.82, 2.24) is 24.7 Å². The molecule has 3 heterocycles. The standard InChI is InChI=1S/C11H14N6O.C11H11N/c1-8-11(16-12-2)13-6-10(15-8)9-5-14-17(7-9)3-4-18;1-2-9-5-6-11-10(8-9)4-3-7-12-11/h5-7,18H,3-4H2,1-2H3;3-8H,2H2,1H3. The van der Waals surface area contributed by atoms with Gasteiger partial charge in [-0.25, -0.2) is 9.97 Å². The third kappa shape index (κ3) is 5.30. The first-order valence-corrected chi connectivity index (χ1v) is 9.75. The van der Waals surface area contributed by atoms with E-state index in [0.717, 1.165) is 23.2 Å². The maximum absolute atomic E-state index is 8.83. The quantitative estimate of drug-likeness (QED) is 0.504. The lowest BCUT2D eigenvalue weighted by Crippen LogP contribution is -2.01. The molecule has 0 radical (unpaired) electrons. The van der Waals surface area contributed by atoms with Crippen LogP contribution < -0.4 is 0 Å². The molecule has 0 atom stereocenters. The Hall–Kier alpha value is -3.52. The largest absolute Gasteiger partial charge is 0.394 e. The number of aryl methyl sites for hydroxylation is 2. The Balaban J connectivity index is 0.000000184. The van der Waals surface area contributed by atoms with E-state index in [0.29, 0.717) is 18.1 Å².